The zero-order chi connectivity index (χ0) is 11.7. The van der Waals surface area contributed by atoms with Crippen LogP contribution in [0.5, 0.6) is 0 Å². The normalized spacial score (nSPS) is 35.1. The Balaban J connectivity index is 1.52. The minimum atomic E-state index is -0.0394. The SMILES string of the molecule is OC1CCC2=C(C1)CC(CN1CCCCC1)C2. The summed E-state index contributed by atoms with van der Waals surface area (Å²) < 4.78 is 0. The average Bonchev–Trinajstić information content (AvgIpc) is 2.71. The molecule has 1 fully saturated rings. The van der Waals surface area contributed by atoms with Crippen LogP contribution in [-0.4, -0.2) is 35.7 Å². The van der Waals surface area contributed by atoms with Gasteiger partial charge in [-0.05, 0) is 64.0 Å². The van der Waals surface area contributed by atoms with Gasteiger partial charge in [-0.1, -0.05) is 17.6 Å². The Morgan fingerprint density at radius 3 is 2.59 bits per heavy atom. The van der Waals surface area contributed by atoms with E-state index in [0.717, 1.165) is 18.8 Å². The summed E-state index contributed by atoms with van der Waals surface area (Å²) in [6, 6.07) is 0. The van der Waals surface area contributed by atoms with Crippen LogP contribution in [0, 0.1) is 5.92 Å². The summed E-state index contributed by atoms with van der Waals surface area (Å²) in [5, 5.41) is 9.72. The van der Waals surface area contributed by atoms with Gasteiger partial charge in [-0.2, -0.15) is 0 Å². The smallest absolute Gasteiger partial charge is 0.0580 e. The molecular formula is C15H25NO. The number of rotatable bonds is 2. The molecule has 3 aliphatic rings. The number of aliphatic hydroxyl groups is 1. The van der Waals surface area contributed by atoms with Crippen LogP contribution < -0.4 is 0 Å². The maximum absolute atomic E-state index is 9.72. The summed E-state index contributed by atoms with van der Waals surface area (Å²) in [5.74, 6) is 0.864. The van der Waals surface area contributed by atoms with Crippen molar-refractivity contribution in [1.82, 2.24) is 4.90 Å². The molecule has 1 aliphatic heterocycles. The van der Waals surface area contributed by atoms with E-state index in [9.17, 15) is 5.11 Å². The number of likely N-dealkylation sites (tertiary alicyclic amines) is 1. The molecule has 2 heteroatoms. The number of nitrogens with zero attached hydrogens (tertiary/aromatic N) is 1. The van der Waals surface area contributed by atoms with Crippen LogP contribution >= 0.6 is 0 Å². The van der Waals surface area contributed by atoms with E-state index in [0.29, 0.717) is 0 Å². The summed E-state index contributed by atoms with van der Waals surface area (Å²) in [6.45, 7) is 3.96. The lowest BCUT2D eigenvalue weighted by Gasteiger charge is -2.29. The highest BCUT2D eigenvalue weighted by Crippen LogP contribution is 2.40. The number of hydrogen-bond donors (Lipinski definition) is 1. The lowest BCUT2D eigenvalue weighted by Crippen LogP contribution is -2.33. The van der Waals surface area contributed by atoms with Crippen molar-refractivity contribution in [1.29, 1.82) is 0 Å². The summed E-state index contributed by atoms with van der Waals surface area (Å²) in [6.07, 6.45) is 9.97. The molecule has 0 bridgehead atoms. The molecular weight excluding hydrogens is 210 g/mol. The zero-order valence-corrected chi connectivity index (χ0v) is 10.8. The molecule has 1 heterocycles. The molecule has 0 amide bonds. The molecule has 3 rings (SSSR count). The van der Waals surface area contributed by atoms with Gasteiger partial charge in [-0.3, -0.25) is 0 Å². The fourth-order valence-electron chi connectivity index (χ4n) is 3.93. The van der Waals surface area contributed by atoms with E-state index < -0.39 is 0 Å². The van der Waals surface area contributed by atoms with Gasteiger partial charge in [0.1, 0.15) is 0 Å². The monoisotopic (exact) mass is 235 g/mol. The minimum Gasteiger partial charge on any atom is -0.393 e. The van der Waals surface area contributed by atoms with Gasteiger partial charge in [0.2, 0.25) is 0 Å². The van der Waals surface area contributed by atoms with Gasteiger partial charge in [-0.25, -0.2) is 0 Å². The standard InChI is InChI=1S/C15H25NO/c17-15-5-4-13-8-12(9-14(13)10-15)11-16-6-2-1-3-7-16/h12,15,17H,1-11H2. The molecule has 0 aromatic heterocycles. The van der Waals surface area contributed by atoms with Crippen LogP contribution in [0.1, 0.15) is 51.4 Å². The molecule has 1 saturated heterocycles. The molecule has 2 aliphatic carbocycles. The van der Waals surface area contributed by atoms with E-state index in [2.05, 4.69) is 4.90 Å². The maximum atomic E-state index is 9.72. The Labute approximate surface area is 105 Å². The van der Waals surface area contributed by atoms with Crippen molar-refractivity contribution in [3.05, 3.63) is 11.1 Å². The predicted molar refractivity (Wildman–Crippen MR) is 69.9 cm³/mol. The molecule has 17 heavy (non-hydrogen) atoms. The van der Waals surface area contributed by atoms with E-state index in [-0.39, 0.29) is 6.10 Å². The van der Waals surface area contributed by atoms with Crippen LogP contribution in [0.2, 0.25) is 0 Å². The van der Waals surface area contributed by atoms with Crippen molar-refractivity contribution in [3.8, 4) is 0 Å². The maximum Gasteiger partial charge on any atom is 0.0580 e. The molecule has 0 aromatic rings. The van der Waals surface area contributed by atoms with E-state index in [4.69, 9.17) is 0 Å². The van der Waals surface area contributed by atoms with Crippen LogP contribution in [0.25, 0.3) is 0 Å². The third kappa shape index (κ3) is 2.74. The zero-order valence-electron chi connectivity index (χ0n) is 10.8. The molecule has 1 N–H and O–H groups in total. The van der Waals surface area contributed by atoms with Crippen molar-refractivity contribution < 1.29 is 5.11 Å². The van der Waals surface area contributed by atoms with Gasteiger partial charge in [0.25, 0.3) is 0 Å². The van der Waals surface area contributed by atoms with Crippen LogP contribution in [0.15, 0.2) is 11.1 Å². The largest absolute Gasteiger partial charge is 0.393 e. The van der Waals surface area contributed by atoms with Gasteiger partial charge >= 0.3 is 0 Å². The predicted octanol–water partition coefficient (Wildman–Crippen LogP) is 2.72. The van der Waals surface area contributed by atoms with Gasteiger partial charge in [0.05, 0.1) is 6.10 Å². The first-order valence-corrected chi connectivity index (χ1v) is 7.41. The van der Waals surface area contributed by atoms with Gasteiger partial charge in [-0.15, -0.1) is 0 Å². The van der Waals surface area contributed by atoms with Crippen molar-refractivity contribution in [2.75, 3.05) is 19.6 Å². The Kier molecular flexibility index (Phi) is 3.53. The van der Waals surface area contributed by atoms with E-state index in [1.807, 2.05) is 0 Å². The topological polar surface area (TPSA) is 23.5 Å². The fraction of sp³-hybridized carbons (Fsp3) is 0.867. The van der Waals surface area contributed by atoms with Crippen LogP contribution in [-0.2, 0) is 0 Å². The van der Waals surface area contributed by atoms with E-state index in [1.165, 1.54) is 58.2 Å². The summed E-state index contributed by atoms with van der Waals surface area (Å²) in [7, 11) is 0. The second kappa shape index (κ2) is 5.11. The van der Waals surface area contributed by atoms with Gasteiger partial charge < -0.3 is 10.0 Å². The molecule has 2 unspecified atom stereocenters. The van der Waals surface area contributed by atoms with Crippen molar-refractivity contribution in [2.45, 2.75) is 57.5 Å². The van der Waals surface area contributed by atoms with Gasteiger partial charge in [0.15, 0.2) is 0 Å². The molecule has 0 aromatic carbocycles. The Morgan fingerprint density at radius 2 is 1.76 bits per heavy atom. The number of hydrogen-bond acceptors (Lipinski definition) is 2. The summed E-state index contributed by atoms with van der Waals surface area (Å²) in [5.41, 5.74) is 3.32. The number of aliphatic hydroxyl groups excluding tert-OH is 1. The van der Waals surface area contributed by atoms with Gasteiger partial charge in [0, 0.05) is 6.54 Å². The first kappa shape index (κ1) is 11.7. The lowest BCUT2D eigenvalue weighted by molar-refractivity contribution is 0.158. The molecule has 2 nitrogen and oxygen atoms in total. The fourth-order valence-corrected chi connectivity index (χ4v) is 3.93. The average molecular weight is 235 g/mol. The molecule has 0 saturated carbocycles. The lowest BCUT2D eigenvalue weighted by atomic mass is 9.92. The quantitative estimate of drug-likeness (QED) is 0.744. The second-order valence-electron chi connectivity index (χ2n) is 6.24. The number of allylic oxidation sites excluding steroid dienone is 1. The van der Waals surface area contributed by atoms with Crippen molar-refractivity contribution >= 4 is 0 Å². The van der Waals surface area contributed by atoms with E-state index >= 15 is 0 Å². The summed E-state index contributed by atoms with van der Waals surface area (Å²) >= 11 is 0. The van der Waals surface area contributed by atoms with E-state index in [1.54, 1.807) is 11.1 Å². The van der Waals surface area contributed by atoms with Crippen LogP contribution in [0.4, 0.5) is 0 Å². The molecule has 96 valence electrons. The number of piperidine rings is 1. The summed E-state index contributed by atoms with van der Waals surface area (Å²) in [4.78, 5) is 2.67. The first-order chi connectivity index (χ1) is 8.31. The van der Waals surface area contributed by atoms with Crippen molar-refractivity contribution in [3.63, 3.8) is 0 Å². The molecule has 2 atom stereocenters. The Bertz CT molecular complexity index is 304. The Hall–Kier alpha value is -0.340. The third-order valence-electron chi connectivity index (χ3n) is 4.80. The molecule has 0 radical (unpaired) electrons. The first-order valence-electron chi connectivity index (χ1n) is 7.41. The highest BCUT2D eigenvalue weighted by molar-refractivity contribution is 5.24. The molecule has 0 spiro atoms. The second-order valence-corrected chi connectivity index (χ2v) is 6.24. The minimum absolute atomic E-state index is 0.0394. The highest BCUT2D eigenvalue weighted by Gasteiger charge is 2.29. The third-order valence-corrected chi connectivity index (χ3v) is 4.80. The highest BCUT2D eigenvalue weighted by atomic mass is 16.3. The van der Waals surface area contributed by atoms with Crippen molar-refractivity contribution in [2.24, 2.45) is 5.92 Å². The van der Waals surface area contributed by atoms with Crippen LogP contribution in [0.3, 0.4) is 0 Å². The Morgan fingerprint density at radius 1 is 1.00 bits per heavy atom.